The molecule has 0 aromatic heterocycles. The number of urea groups is 1. The SMILES string of the molecule is O=C(NCCc1ccc2c(c1)OCO2)NCc1cccc(Cl)c1. The first-order valence-electron chi connectivity index (χ1n) is 7.35. The van der Waals surface area contributed by atoms with Crippen molar-refractivity contribution in [3.05, 3.63) is 58.6 Å². The fourth-order valence-corrected chi connectivity index (χ4v) is 2.52. The maximum atomic E-state index is 11.8. The van der Waals surface area contributed by atoms with E-state index in [0.717, 1.165) is 29.0 Å². The van der Waals surface area contributed by atoms with E-state index >= 15 is 0 Å². The zero-order valence-electron chi connectivity index (χ0n) is 12.5. The number of benzene rings is 2. The minimum Gasteiger partial charge on any atom is -0.454 e. The molecule has 23 heavy (non-hydrogen) atoms. The molecule has 2 amide bonds. The molecule has 0 atom stereocenters. The van der Waals surface area contributed by atoms with Crippen LogP contribution in [0.2, 0.25) is 5.02 Å². The zero-order valence-corrected chi connectivity index (χ0v) is 13.2. The maximum Gasteiger partial charge on any atom is 0.315 e. The van der Waals surface area contributed by atoms with E-state index in [1.807, 2.05) is 36.4 Å². The van der Waals surface area contributed by atoms with Crippen molar-refractivity contribution >= 4 is 17.6 Å². The Morgan fingerprint density at radius 2 is 1.91 bits per heavy atom. The number of carbonyl (C=O) groups excluding carboxylic acids is 1. The second-order valence-corrected chi connectivity index (χ2v) is 5.61. The number of amides is 2. The third kappa shape index (κ3) is 4.29. The van der Waals surface area contributed by atoms with Gasteiger partial charge in [-0.1, -0.05) is 29.8 Å². The highest BCUT2D eigenvalue weighted by molar-refractivity contribution is 6.30. The molecule has 2 N–H and O–H groups in total. The smallest absolute Gasteiger partial charge is 0.315 e. The van der Waals surface area contributed by atoms with Crippen molar-refractivity contribution < 1.29 is 14.3 Å². The molecule has 0 spiro atoms. The van der Waals surface area contributed by atoms with Crippen molar-refractivity contribution in [1.82, 2.24) is 10.6 Å². The third-order valence-electron chi connectivity index (χ3n) is 3.48. The summed E-state index contributed by atoms with van der Waals surface area (Å²) in [7, 11) is 0. The van der Waals surface area contributed by atoms with Crippen LogP contribution in [0, 0.1) is 0 Å². The van der Waals surface area contributed by atoms with E-state index in [-0.39, 0.29) is 12.8 Å². The Hall–Kier alpha value is -2.40. The number of rotatable bonds is 5. The number of nitrogens with one attached hydrogen (secondary N) is 2. The van der Waals surface area contributed by atoms with E-state index in [9.17, 15) is 4.79 Å². The summed E-state index contributed by atoms with van der Waals surface area (Å²) in [6.07, 6.45) is 0.723. The molecule has 0 saturated heterocycles. The minimum absolute atomic E-state index is 0.203. The van der Waals surface area contributed by atoms with Gasteiger partial charge in [0.25, 0.3) is 0 Å². The summed E-state index contributed by atoms with van der Waals surface area (Å²) >= 11 is 5.90. The molecule has 0 radical (unpaired) electrons. The van der Waals surface area contributed by atoms with E-state index in [4.69, 9.17) is 21.1 Å². The van der Waals surface area contributed by atoms with Crippen molar-refractivity contribution in [3.63, 3.8) is 0 Å². The van der Waals surface area contributed by atoms with Crippen LogP contribution in [0.1, 0.15) is 11.1 Å². The lowest BCUT2D eigenvalue weighted by molar-refractivity contribution is 0.174. The van der Waals surface area contributed by atoms with Crippen molar-refractivity contribution in [1.29, 1.82) is 0 Å². The van der Waals surface area contributed by atoms with Crippen LogP contribution in [0.3, 0.4) is 0 Å². The standard InChI is InChI=1S/C17H17ClN2O3/c18-14-3-1-2-13(8-14)10-20-17(21)19-7-6-12-4-5-15-16(9-12)23-11-22-15/h1-5,8-9H,6-7,10-11H2,(H2,19,20,21). The summed E-state index contributed by atoms with van der Waals surface area (Å²) in [5.74, 6) is 1.52. The van der Waals surface area contributed by atoms with Crippen LogP contribution in [-0.4, -0.2) is 19.4 Å². The molecule has 0 fully saturated rings. The van der Waals surface area contributed by atoms with Crippen molar-refractivity contribution in [2.75, 3.05) is 13.3 Å². The van der Waals surface area contributed by atoms with Crippen LogP contribution in [0.5, 0.6) is 11.5 Å². The Morgan fingerprint density at radius 1 is 1.04 bits per heavy atom. The van der Waals surface area contributed by atoms with Gasteiger partial charge in [-0.2, -0.15) is 0 Å². The van der Waals surface area contributed by atoms with Crippen LogP contribution >= 0.6 is 11.6 Å². The molecule has 1 heterocycles. The van der Waals surface area contributed by atoms with Crippen molar-refractivity contribution in [3.8, 4) is 11.5 Å². The number of fused-ring (bicyclic) bond motifs is 1. The van der Waals surface area contributed by atoms with Gasteiger partial charge in [0.15, 0.2) is 11.5 Å². The van der Waals surface area contributed by atoms with Gasteiger partial charge in [0.05, 0.1) is 0 Å². The molecule has 1 aliphatic heterocycles. The van der Waals surface area contributed by atoms with E-state index in [1.54, 1.807) is 6.07 Å². The lowest BCUT2D eigenvalue weighted by Gasteiger charge is -2.08. The number of carbonyl (C=O) groups is 1. The van der Waals surface area contributed by atoms with Crippen molar-refractivity contribution in [2.45, 2.75) is 13.0 Å². The molecule has 120 valence electrons. The molecule has 6 heteroatoms. The van der Waals surface area contributed by atoms with Gasteiger partial charge < -0.3 is 20.1 Å². The fraction of sp³-hybridized carbons (Fsp3) is 0.235. The summed E-state index contributed by atoms with van der Waals surface area (Å²) in [5, 5.41) is 6.29. The van der Waals surface area contributed by atoms with Gasteiger partial charge in [-0.3, -0.25) is 0 Å². The summed E-state index contributed by atoms with van der Waals surface area (Å²) in [5.41, 5.74) is 2.05. The molecule has 5 nitrogen and oxygen atoms in total. The average Bonchev–Trinajstić information content (AvgIpc) is 3.01. The number of hydrogen-bond acceptors (Lipinski definition) is 3. The first-order valence-corrected chi connectivity index (χ1v) is 7.73. The number of hydrogen-bond donors (Lipinski definition) is 2. The second kappa shape index (κ2) is 7.24. The molecule has 0 unspecified atom stereocenters. The Kier molecular flexibility index (Phi) is 4.88. The molecule has 0 saturated carbocycles. The van der Waals surface area contributed by atoms with Gasteiger partial charge in [-0.25, -0.2) is 4.79 Å². The van der Waals surface area contributed by atoms with Gasteiger partial charge in [0.1, 0.15) is 0 Å². The molecule has 2 aromatic carbocycles. The summed E-state index contributed by atoms with van der Waals surface area (Å²) in [6.45, 7) is 1.25. The predicted molar refractivity (Wildman–Crippen MR) is 88.0 cm³/mol. The van der Waals surface area contributed by atoms with E-state index in [1.165, 1.54) is 0 Å². The maximum absolute atomic E-state index is 11.8. The predicted octanol–water partition coefficient (Wildman–Crippen LogP) is 3.11. The highest BCUT2D eigenvalue weighted by atomic mass is 35.5. The van der Waals surface area contributed by atoms with Gasteiger partial charge >= 0.3 is 6.03 Å². The second-order valence-electron chi connectivity index (χ2n) is 5.18. The lowest BCUT2D eigenvalue weighted by atomic mass is 10.1. The minimum atomic E-state index is -0.203. The Balaban J connectivity index is 1.41. The van der Waals surface area contributed by atoms with Crippen LogP contribution in [0.4, 0.5) is 4.79 Å². The Bertz CT molecular complexity index is 706. The van der Waals surface area contributed by atoms with E-state index in [2.05, 4.69) is 10.6 Å². The van der Waals surface area contributed by atoms with E-state index < -0.39 is 0 Å². The highest BCUT2D eigenvalue weighted by Crippen LogP contribution is 2.32. The normalized spacial score (nSPS) is 12.0. The van der Waals surface area contributed by atoms with Gasteiger partial charge in [0.2, 0.25) is 6.79 Å². The molecule has 1 aliphatic rings. The highest BCUT2D eigenvalue weighted by Gasteiger charge is 2.13. The summed E-state index contributed by atoms with van der Waals surface area (Å²) in [6, 6.07) is 13.0. The molecule has 0 aliphatic carbocycles. The van der Waals surface area contributed by atoms with Crippen LogP contribution in [0.15, 0.2) is 42.5 Å². The quantitative estimate of drug-likeness (QED) is 0.884. The summed E-state index contributed by atoms with van der Waals surface area (Å²) < 4.78 is 10.6. The van der Waals surface area contributed by atoms with Crippen LogP contribution < -0.4 is 20.1 Å². The first-order chi connectivity index (χ1) is 11.2. The Labute approximate surface area is 139 Å². The monoisotopic (exact) mass is 332 g/mol. The molecular weight excluding hydrogens is 316 g/mol. The number of ether oxygens (including phenoxy) is 2. The van der Waals surface area contributed by atoms with Gasteiger partial charge in [0, 0.05) is 18.1 Å². The van der Waals surface area contributed by atoms with Crippen LogP contribution in [-0.2, 0) is 13.0 Å². The third-order valence-corrected chi connectivity index (χ3v) is 3.71. The molecular formula is C17H17ClN2O3. The largest absolute Gasteiger partial charge is 0.454 e. The van der Waals surface area contributed by atoms with E-state index in [0.29, 0.717) is 18.1 Å². The summed E-state index contributed by atoms with van der Waals surface area (Å²) in [4.78, 5) is 11.8. The van der Waals surface area contributed by atoms with Crippen LogP contribution in [0.25, 0.3) is 0 Å². The van der Waals surface area contributed by atoms with Gasteiger partial charge in [-0.05, 0) is 41.8 Å². The Morgan fingerprint density at radius 3 is 2.78 bits per heavy atom. The average molecular weight is 333 g/mol. The first kappa shape index (κ1) is 15.5. The molecule has 3 rings (SSSR count). The lowest BCUT2D eigenvalue weighted by Crippen LogP contribution is -2.36. The molecule has 0 bridgehead atoms. The topological polar surface area (TPSA) is 59.6 Å². The van der Waals surface area contributed by atoms with Gasteiger partial charge in [-0.15, -0.1) is 0 Å². The molecule has 2 aromatic rings. The van der Waals surface area contributed by atoms with Crippen molar-refractivity contribution in [2.24, 2.45) is 0 Å². The number of halogens is 1. The fourth-order valence-electron chi connectivity index (χ4n) is 2.31. The zero-order chi connectivity index (χ0) is 16.1.